The Kier molecular flexibility index (Phi) is 10.1. The number of ether oxygens (including phenoxy) is 4. The molecule has 2 amide bonds. The lowest BCUT2D eigenvalue weighted by Gasteiger charge is -2.40. The van der Waals surface area contributed by atoms with Gasteiger partial charge in [-0.15, -0.1) is 0 Å². The SMILES string of the molecule is COc1ccc(OC)c(CCN(C(=O)c2cc3ccccc3oc2=O)[C@@H]2C=C(C(=O)NCCO)[C@@H]3c4cc(CO)cc(OC)c4O[C@@H]3[C@H]2O)c1. The van der Waals surface area contributed by atoms with Crippen molar-refractivity contribution in [3.05, 3.63) is 105 Å². The number of hydrogen-bond donors (Lipinski definition) is 4. The van der Waals surface area contributed by atoms with Gasteiger partial charge < -0.3 is 48.9 Å². The first-order chi connectivity index (χ1) is 24.2. The van der Waals surface area contributed by atoms with Crippen molar-refractivity contribution in [3.63, 3.8) is 0 Å². The van der Waals surface area contributed by atoms with Crippen molar-refractivity contribution in [1.82, 2.24) is 10.2 Å². The molecule has 50 heavy (non-hydrogen) atoms. The number of amides is 2. The highest BCUT2D eigenvalue weighted by Gasteiger charge is 2.51. The number of benzene rings is 3. The minimum absolute atomic E-state index is 0.0410. The third kappa shape index (κ3) is 6.38. The van der Waals surface area contributed by atoms with E-state index in [-0.39, 0.29) is 49.6 Å². The number of methoxy groups -OCH3 is 3. The lowest BCUT2D eigenvalue weighted by molar-refractivity contribution is -0.118. The van der Waals surface area contributed by atoms with Crippen molar-refractivity contribution < 1.29 is 48.3 Å². The Hall–Kier alpha value is -5.37. The average molecular weight is 687 g/mol. The molecule has 262 valence electrons. The molecule has 1 aromatic heterocycles. The molecule has 4 N–H and O–H groups in total. The molecule has 6 rings (SSSR count). The number of aliphatic hydroxyl groups excluding tert-OH is 3. The number of para-hydroxylation sites is 1. The second-order valence-electron chi connectivity index (χ2n) is 11.9. The van der Waals surface area contributed by atoms with Crippen LogP contribution in [0.15, 0.2) is 81.5 Å². The zero-order valence-electron chi connectivity index (χ0n) is 27.8. The summed E-state index contributed by atoms with van der Waals surface area (Å²) in [7, 11) is 4.49. The van der Waals surface area contributed by atoms with Gasteiger partial charge in [-0.3, -0.25) is 9.59 Å². The predicted molar refractivity (Wildman–Crippen MR) is 181 cm³/mol. The standard InChI is InChI=1S/C37H38N2O11/c1-46-23-8-9-28(47-2)22(16-23)10-12-39(36(44)26-17-21-6-4-5-7-29(21)49-37(26)45)27-18-25(35(43)38-11-13-40)31-24-14-20(19-41)15-30(48-3)33(24)50-34(31)32(27)42/h4-9,14-18,27,31-32,34,40-42H,10-13,19H2,1-3H3,(H,38,43)/t27-,31+,32+,34+/m1/s1. The highest BCUT2D eigenvalue weighted by atomic mass is 16.5. The van der Waals surface area contributed by atoms with Crippen LogP contribution in [0, 0.1) is 0 Å². The summed E-state index contributed by atoms with van der Waals surface area (Å²) in [5.41, 5.74) is 1.04. The maximum atomic E-state index is 14.5. The summed E-state index contributed by atoms with van der Waals surface area (Å²) in [6.45, 7) is -0.725. The summed E-state index contributed by atoms with van der Waals surface area (Å²) in [6.07, 6.45) is -0.782. The largest absolute Gasteiger partial charge is 0.497 e. The van der Waals surface area contributed by atoms with E-state index < -0.39 is 41.6 Å². The highest BCUT2D eigenvalue weighted by Crippen LogP contribution is 2.51. The van der Waals surface area contributed by atoms with E-state index in [9.17, 15) is 29.7 Å². The third-order valence-corrected chi connectivity index (χ3v) is 9.10. The van der Waals surface area contributed by atoms with Gasteiger partial charge in [-0.1, -0.05) is 18.2 Å². The summed E-state index contributed by atoms with van der Waals surface area (Å²) in [5, 5.41) is 34.7. The van der Waals surface area contributed by atoms with Gasteiger partial charge in [0.15, 0.2) is 11.5 Å². The molecule has 1 aliphatic carbocycles. The van der Waals surface area contributed by atoms with E-state index >= 15 is 0 Å². The van der Waals surface area contributed by atoms with Crippen LogP contribution in [-0.4, -0.2) is 91.3 Å². The van der Waals surface area contributed by atoms with Gasteiger partial charge in [-0.2, -0.15) is 0 Å². The van der Waals surface area contributed by atoms with Crippen molar-refractivity contribution in [1.29, 1.82) is 0 Å². The first-order valence-corrected chi connectivity index (χ1v) is 16.0. The van der Waals surface area contributed by atoms with Crippen molar-refractivity contribution in [2.24, 2.45) is 0 Å². The van der Waals surface area contributed by atoms with E-state index in [1.807, 2.05) is 0 Å². The van der Waals surface area contributed by atoms with E-state index in [1.54, 1.807) is 54.6 Å². The molecule has 0 bridgehead atoms. The minimum Gasteiger partial charge on any atom is -0.497 e. The van der Waals surface area contributed by atoms with Crippen LogP contribution in [0.5, 0.6) is 23.0 Å². The van der Waals surface area contributed by atoms with E-state index in [0.717, 1.165) is 0 Å². The molecule has 3 aromatic carbocycles. The van der Waals surface area contributed by atoms with E-state index in [2.05, 4.69) is 5.32 Å². The molecule has 0 spiro atoms. The fourth-order valence-electron chi connectivity index (χ4n) is 6.69. The average Bonchev–Trinajstić information content (AvgIpc) is 3.53. The Morgan fingerprint density at radius 1 is 0.960 bits per heavy atom. The Labute approximate surface area is 287 Å². The van der Waals surface area contributed by atoms with Crippen molar-refractivity contribution in [2.45, 2.75) is 37.2 Å². The van der Waals surface area contributed by atoms with Gasteiger partial charge >= 0.3 is 5.63 Å². The maximum absolute atomic E-state index is 14.5. The summed E-state index contributed by atoms with van der Waals surface area (Å²) in [6, 6.07) is 15.6. The number of nitrogens with zero attached hydrogens (tertiary/aromatic N) is 1. The topological polar surface area (TPSA) is 177 Å². The molecule has 4 atom stereocenters. The van der Waals surface area contributed by atoms with Crippen LogP contribution in [0.25, 0.3) is 11.0 Å². The summed E-state index contributed by atoms with van der Waals surface area (Å²) >= 11 is 0. The van der Waals surface area contributed by atoms with Gasteiger partial charge in [0.05, 0.1) is 46.5 Å². The van der Waals surface area contributed by atoms with E-state index in [1.165, 1.54) is 38.4 Å². The van der Waals surface area contributed by atoms with Crippen molar-refractivity contribution >= 4 is 22.8 Å². The van der Waals surface area contributed by atoms with Crippen molar-refractivity contribution in [3.8, 4) is 23.0 Å². The van der Waals surface area contributed by atoms with Gasteiger partial charge in [-0.05, 0) is 66.1 Å². The lowest BCUT2D eigenvalue weighted by atomic mass is 9.77. The molecule has 0 fully saturated rings. The molecular weight excluding hydrogens is 648 g/mol. The van der Waals surface area contributed by atoms with Crippen LogP contribution in [0.3, 0.4) is 0 Å². The van der Waals surface area contributed by atoms with Crippen LogP contribution in [-0.2, 0) is 17.8 Å². The Morgan fingerprint density at radius 3 is 2.46 bits per heavy atom. The molecule has 2 heterocycles. The Morgan fingerprint density at radius 2 is 1.74 bits per heavy atom. The van der Waals surface area contributed by atoms with Gasteiger partial charge in [0, 0.05) is 29.6 Å². The molecule has 13 heteroatoms. The summed E-state index contributed by atoms with van der Waals surface area (Å²) in [5.74, 6) is -0.435. The van der Waals surface area contributed by atoms with Crippen LogP contribution in [0.4, 0.5) is 0 Å². The third-order valence-electron chi connectivity index (χ3n) is 9.10. The molecular formula is C37H38N2O11. The highest BCUT2D eigenvalue weighted by molar-refractivity contribution is 5.98. The van der Waals surface area contributed by atoms with Gasteiger partial charge in [0.2, 0.25) is 5.91 Å². The molecule has 0 unspecified atom stereocenters. The molecule has 1 aliphatic heterocycles. The van der Waals surface area contributed by atoms with E-state index in [4.69, 9.17) is 23.4 Å². The smallest absolute Gasteiger partial charge is 0.349 e. The normalized spacial score (nSPS) is 19.1. The minimum atomic E-state index is -1.41. The van der Waals surface area contributed by atoms with Gasteiger partial charge in [0.25, 0.3) is 5.91 Å². The first-order valence-electron chi connectivity index (χ1n) is 16.0. The number of nitrogens with one attached hydrogen (secondary N) is 1. The lowest BCUT2D eigenvalue weighted by Crippen LogP contribution is -2.56. The zero-order chi connectivity index (χ0) is 35.5. The number of rotatable bonds is 12. The van der Waals surface area contributed by atoms with Crippen molar-refractivity contribution in [2.75, 3.05) is 41.0 Å². The molecule has 0 radical (unpaired) electrons. The fraction of sp³-hybridized carbons (Fsp3) is 0.324. The molecule has 13 nitrogen and oxygen atoms in total. The Balaban J connectivity index is 1.48. The molecule has 2 aliphatic rings. The molecule has 0 saturated carbocycles. The van der Waals surface area contributed by atoms with Crippen LogP contribution < -0.4 is 29.9 Å². The van der Waals surface area contributed by atoms with Gasteiger partial charge in [0.1, 0.15) is 34.9 Å². The number of fused-ring (bicyclic) bond motifs is 4. The predicted octanol–water partition coefficient (Wildman–Crippen LogP) is 2.32. The van der Waals surface area contributed by atoms with E-state index in [0.29, 0.717) is 44.9 Å². The van der Waals surface area contributed by atoms with Gasteiger partial charge in [-0.25, -0.2) is 4.79 Å². The first kappa shape index (κ1) is 34.5. The Bertz CT molecular complexity index is 2010. The fourth-order valence-corrected chi connectivity index (χ4v) is 6.69. The number of aliphatic hydroxyl groups is 3. The monoisotopic (exact) mass is 686 g/mol. The molecule has 4 aromatic rings. The number of carbonyl (C=O) groups is 2. The summed E-state index contributed by atoms with van der Waals surface area (Å²) < 4.78 is 28.4. The second-order valence-corrected chi connectivity index (χ2v) is 11.9. The maximum Gasteiger partial charge on any atom is 0.349 e. The second kappa shape index (κ2) is 14.6. The summed E-state index contributed by atoms with van der Waals surface area (Å²) in [4.78, 5) is 42.9. The number of hydrogen-bond acceptors (Lipinski definition) is 11. The number of carbonyl (C=O) groups excluding carboxylic acids is 2. The van der Waals surface area contributed by atoms with Crippen LogP contribution >= 0.6 is 0 Å². The molecule has 0 saturated heterocycles. The van der Waals surface area contributed by atoms with Crippen LogP contribution in [0.1, 0.15) is 33.0 Å². The quantitative estimate of drug-likeness (QED) is 0.161. The van der Waals surface area contributed by atoms with Crippen LogP contribution in [0.2, 0.25) is 0 Å². The zero-order valence-corrected chi connectivity index (χ0v) is 27.8.